The molecule has 1 heterocycles. The van der Waals surface area contributed by atoms with E-state index in [4.69, 9.17) is 10.00 Å². The van der Waals surface area contributed by atoms with Crippen molar-refractivity contribution >= 4 is 0 Å². The zero-order chi connectivity index (χ0) is 10.7. The van der Waals surface area contributed by atoms with Crippen molar-refractivity contribution in [2.45, 2.75) is 43.9 Å². The second kappa shape index (κ2) is 4.93. The highest BCUT2D eigenvalue weighted by Crippen LogP contribution is 2.24. The van der Waals surface area contributed by atoms with Crippen LogP contribution < -0.4 is 0 Å². The monoisotopic (exact) mass is 210 g/mol. The van der Waals surface area contributed by atoms with Gasteiger partial charge >= 0.3 is 0 Å². The summed E-state index contributed by atoms with van der Waals surface area (Å²) in [5.74, 6) is 0. The van der Waals surface area contributed by atoms with Crippen LogP contribution in [0.15, 0.2) is 0 Å². The molecule has 0 aromatic rings. The lowest BCUT2D eigenvalue weighted by Crippen LogP contribution is -2.48. The van der Waals surface area contributed by atoms with E-state index in [9.17, 15) is 5.11 Å². The highest BCUT2D eigenvalue weighted by Gasteiger charge is 2.29. The maximum absolute atomic E-state index is 9.43. The fraction of sp³-hybridized carbons (Fsp3) is 0.909. The lowest BCUT2D eigenvalue weighted by atomic mass is 9.91. The van der Waals surface area contributed by atoms with Crippen molar-refractivity contribution in [3.05, 3.63) is 0 Å². The molecule has 0 radical (unpaired) electrons. The van der Waals surface area contributed by atoms with E-state index in [1.165, 1.54) is 0 Å². The first-order valence-electron chi connectivity index (χ1n) is 5.73. The lowest BCUT2D eigenvalue weighted by molar-refractivity contribution is -0.0307. The smallest absolute Gasteiger partial charge is 0.156 e. The van der Waals surface area contributed by atoms with Crippen LogP contribution in [0.3, 0.4) is 0 Å². The first kappa shape index (κ1) is 10.9. The van der Waals surface area contributed by atoms with Crippen molar-refractivity contribution in [3.8, 4) is 6.07 Å². The summed E-state index contributed by atoms with van der Waals surface area (Å²) >= 11 is 0. The largest absolute Gasteiger partial charge is 0.393 e. The van der Waals surface area contributed by atoms with Gasteiger partial charge in [-0.25, -0.2) is 0 Å². The molecule has 0 amide bonds. The minimum atomic E-state index is -0.259. The number of rotatable bonds is 1. The van der Waals surface area contributed by atoms with Gasteiger partial charge in [0, 0.05) is 19.1 Å². The predicted molar refractivity (Wildman–Crippen MR) is 55.2 cm³/mol. The van der Waals surface area contributed by atoms with Crippen LogP contribution in [-0.4, -0.2) is 48.0 Å². The summed E-state index contributed by atoms with van der Waals surface area (Å²) in [4.78, 5) is 2.35. The third-order valence-electron chi connectivity index (χ3n) is 3.42. The normalized spacial score (nSPS) is 38.5. The summed E-state index contributed by atoms with van der Waals surface area (Å²) in [5, 5.41) is 18.2. The Morgan fingerprint density at radius 1 is 1.27 bits per heavy atom. The number of morpholine rings is 1. The molecule has 84 valence electrons. The maximum atomic E-state index is 9.43. The van der Waals surface area contributed by atoms with Crippen molar-refractivity contribution in [2.24, 2.45) is 0 Å². The Morgan fingerprint density at radius 2 is 2.00 bits per heavy atom. The summed E-state index contributed by atoms with van der Waals surface area (Å²) in [5.41, 5.74) is 0. The molecule has 0 aromatic carbocycles. The predicted octanol–water partition coefficient (Wildman–Crippen LogP) is 0.514. The molecule has 1 saturated carbocycles. The van der Waals surface area contributed by atoms with Crippen LogP contribution in [0, 0.1) is 11.3 Å². The van der Waals surface area contributed by atoms with E-state index >= 15 is 0 Å². The van der Waals surface area contributed by atoms with Crippen LogP contribution in [0.1, 0.15) is 25.7 Å². The molecule has 2 aliphatic rings. The fourth-order valence-corrected chi connectivity index (χ4v) is 2.50. The van der Waals surface area contributed by atoms with Gasteiger partial charge in [-0.05, 0) is 25.7 Å². The number of hydrogen-bond acceptors (Lipinski definition) is 4. The van der Waals surface area contributed by atoms with Gasteiger partial charge in [0.25, 0.3) is 0 Å². The van der Waals surface area contributed by atoms with E-state index in [0.29, 0.717) is 12.6 Å². The summed E-state index contributed by atoms with van der Waals surface area (Å²) < 4.78 is 5.32. The second-order valence-electron chi connectivity index (χ2n) is 4.45. The zero-order valence-electron chi connectivity index (χ0n) is 8.93. The van der Waals surface area contributed by atoms with Gasteiger partial charge < -0.3 is 9.84 Å². The molecule has 2 fully saturated rings. The molecule has 0 spiro atoms. The molecule has 15 heavy (non-hydrogen) atoms. The molecule has 0 bridgehead atoms. The molecular weight excluding hydrogens is 192 g/mol. The van der Waals surface area contributed by atoms with Gasteiger partial charge in [-0.3, -0.25) is 4.90 Å². The Morgan fingerprint density at radius 3 is 2.67 bits per heavy atom. The van der Waals surface area contributed by atoms with Gasteiger partial charge in [0.2, 0.25) is 0 Å². The standard InChI is InChI=1S/C11H18N2O2/c12-7-11-8-13(5-6-15-11)9-1-3-10(14)4-2-9/h9-11,14H,1-6,8H2. The quantitative estimate of drug-likeness (QED) is 0.685. The molecule has 1 aliphatic carbocycles. The topological polar surface area (TPSA) is 56.5 Å². The van der Waals surface area contributed by atoms with Gasteiger partial charge in [-0.15, -0.1) is 0 Å². The Kier molecular flexibility index (Phi) is 3.57. The molecule has 4 heteroatoms. The van der Waals surface area contributed by atoms with Gasteiger partial charge in [-0.2, -0.15) is 5.26 Å². The number of aliphatic hydroxyl groups is 1. The van der Waals surface area contributed by atoms with Crippen LogP contribution in [-0.2, 0) is 4.74 Å². The van der Waals surface area contributed by atoms with Crippen LogP contribution in [0.5, 0.6) is 0 Å². The first-order valence-corrected chi connectivity index (χ1v) is 5.73. The van der Waals surface area contributed by atoms with Gasteiger partial charge in [0.15, 0.2) is 6.10 Å². The Hall–Kier alpha value is -0.630. The van der Waals surface area contributed by atoms with Crippen LogP contribution >= 0.6 is 0 Å². The van der Waals surface area contributed by atoms with Crippen molar-refractivity contribution in [1.29, 1.82) is 5.26 Å². The van der Waals surface area contributed by atoms with E-state index in [-0.39, 0.29) is 12.2 Å². The molecule has 1 aliphatic heterocycles. The van der Waals surface area contributed by atoms with E-state index in [1.54, 1.807) is 0 Å². The highest BCUT2D eigenvalue weighted by atomic mass is 16.5. The number of nitriles is 1. The number of aliphatic hydroxyl groups excluding tert-OH is 1. The van der Waals surface area contributed by atoms with Crippen LogP contribution in [0.4, 0.5) is 0 Å². The van der Waals surface area contributed by atoms with Crippen molar-refractivity contribution in [1.82, 2.24) is 4.90 Å². The van der Waals surface area contributed by atoms with Gasteiger partial charge in [0.05, 0.1) is 18.8 Å². The third kappa shape index (κ3) is 2.69. The Labute approximate surface area is 90.4 Å². The average molecular weight is 210 g/mol. The first-order chi connectivity index (χ1) is 7.29. The minimum absolute atomic E-state index is 0.103. The minimum Gasteiger partial charge on any atom is -0.393 e. The van der Waals surface area contributed by atoms with Crippen molar-refractivity contribution in [2.75, 3.05) is 19.7 Å². The van der Waals surface area contributed by atoms with Crippen LogP contribution in [0.2, 0.25) is 0 Å². The lowest BCUT2D eigenvalue weighted by Gasteiger charge is -2.39. The van der Waals surface area contributed by atoms with E-state index in [2.05, 4.69) is 11.0 Å². The number of ether oxygens (including phenoxy) is 1. The fourth-order valence-electron chi connectivity index (χ4n) is 2.50. The second-order valence-corrected chi connectivity index (χ2v) is 4.45. The molecule has 1 unspecified atom stereocenters. The molecule has 1 N–H and O–H groups in total. The SMILES string of the molecule is N#CC1CN(C2CCC(O)CC2)CCO1. The van der Waals surface area contributed by atoms with E-state index in [1.807, 2.05) is 0 Å². The van der Waals surface area contributed by atoms with Crippen molar-refractivity contribution < 1.29 is 9.84 Å². The summed E-state index contributed by atoms with van der Waals surface area (Å²) in [6, 6.07) is 2.72. The summed E-state index contributed by atoms with van der Waals surface area (Å²) in [6.45, 7) is 2.33. The van der Waals surface area contributed by atoms with E-state index < -0.39 is 0 Å². The number of nitrogens with zero attached hydrogens (tertiary/aromatic N) is 2. The molecule has 4 nitrogen and oxygen atoms in total. The molecule has 2 rings (SSSR count). The molecule has 1 atom stereocenters. The Bertz CT molecular complexity index is 243. The average Bonchev–Trinajstić information content (AvgIpc) is 2.30. The van der Waals surface area contributed by atoms with Crippen LogP contribution in [0.25, 0.3) is 0 Å². The molecule has 1 saturated heterocycles. The maximum Gasteiger partial charge on any atom is 0.156 e. The highest BCUT2D eigenvalue weighted by molar-refractivity contribution is 4.92. The van der Waals surface area contributed by atoms with Crippen molar-refractivity contribution in [3.63, 3.8) is 0 Å². The summed E-state index contributed by atoms with van der Waals surface area (Å²) in [6.07, 6.45) is 3.55. The molecular formula is C11H18N2O2. The Balaban J connectivity index is 1.85. The third-order valence-corrected chi connectivity index (χ3v) is 3.42. The molecule has 0 aromatic heterocycles. The zero-order valence-corrected chi connectivity index (χ0v) is 8.93. The summed E-state index contributed by atoms with van der Waals surface area (Å²) in [7, 11) is 0. The van der Waals surface area contributed by atoms with E-state index in [0.717, 1.165) is 38.8 Å². The van der Waals surface area contributed by atoms with Gasteiger partial charge in [-0.1, -0.05) is 0 Å². The van der Waals surface area contributed by atoms with Gasteiger partial charge in [0.1, 0.15) is 0 Å². The number of hydrogen-bond donors (Lipinski definition) is 1.